The number of amides is 2. The molecule has 3 aromatic carbocycles. The summed E-state index contributed by atoms with van der Waals surface area (Å²) in [5.74, 6) is -5.61. The molecule has 52 heavy (non-hydrogen) atoms. The number of halogens is 3. The van der Waals surface area contributed by atoms with E-state index in [1.54, 1.807) is 12.1 Å². The summed E-state index contributed by atoms with van der Waals surface area (Å²) in [6.07, 6.45) is 0.202. The number of nitrogens with one attached hydrogen (secondary N) is 3. The van der Waals surface area contributed by atoms with Crippen molar-refractivity contribution in [1.29, 1.82) is 5.41 Å². The molecule has 1 saturated carbocycles. The van der Waals surface area contributed by atoms with E-state index >= 15 is 0 Å². The Hall–Kier alpha value is -5.67. The maximum atomic E-state index is 14.2. The number of rotatable bonds is 14. The van der Waals surface area contributed by atoms with Gasteiger partial charge in [0, 0.05) is 12.1 Å². The van der Waals surface area contributed by atoms with E-state index in [0.717, 1.165) is 54.0 Å². The van der Waals surface area contributed by atoms with Crippen LogP contribution in [0.4, 0.5) is 13.2 Å². The van der Waals surface area contributed by atoms with Crippen molar-refractivity contribution < 1.29 is 42.6 Å². The quantitative estimate of drug-likeness (QED) is 0.0683. The van der Waals surface area contributed by atoms with Crippen LogP contribution in [0.5, 0.6) is 0 Å². The number of benzene rings is 3. The largest absolute Gasteiger partial charge is 0.490 e. The number of hydrogen-bond donors (Lipinski definition) is 8. The highest BCUT2D eigenvalue weighted by Crippen LogP contribution is 2.30. The third-order valence-corrected chi connectivity index (χ3v) is 8.70. The Bertz CT molecular complexity index is 1740. The van der Waals surface area contributed by atoms with Crippen LogP contribution < -0.4 is 27.8 Å². The van der Waals surface area contributed by atoms with Crippen molar-refractivity contribution in [3.63, 3.8) is 0 Å². The second-order valence-electron chi connectivity index (χ2n) is 12.5. The van der Waals surface area contributed by atoms with E-state index in [2.05, 4.69) is 15.6 Å². The lowest BCUT2D eigenvalue weighted by molar-refractivity contribution is -0.192. The van der Waals surface area contributed by atoms with Crippen molar-refractivity contribution in [3.05, 3.63) is 83.4 Å². The molecule has 1 fully saturated rings. The van der Waals surface area contributed by atoms with Gasteiger partial charge in [0.15, 0.2) is 5.96 Å². The van der Waals surface area contributed by atoms with Crippen LogP contribution in [0.3, 0.4) is 0 Å². The van der Waals surface area contributed by atoms with Crippen LogP contribution in [-0.2, 0) is 25.6 Å². The number of carboxylic acid groups (broad SMARTS) is 2. The standard InChI is InChI=1S/C34H43N7O4.C2HF3O2/c35-30(36)24-14-12-21(13-15-24)19-27(26-17-16-22-7-4-5-10-25(22)20-26)31(42)41-29(23-8-2-1-3-9-23)32(43)40-28(33(44)45)11-6-18-39-34(37)38;3-2(4,5)1(6)7/h4-5,7,10,12-17,20,23,27-29H,1-3,6,8-9,11,18-19H2,(H3,35,36)(H,40,43)(H,41,42)(H,44,45)(H4,37,38,39);(H,6,7)/t27?,28-,29-;/m0./s1. The van der Waals surface area contributed by atoms with E-state index in [1.807, 2.05) is 54.6 Å². The fraction of sp³-hybridized carbons (Fsp3) is 0.389. The minimum absolute atomic E-state index is 0.0392. The van der Waals surface area contributed by atoms with E-state index in [-0.39, 0.29) is 36.6 Å². The highest BCUT2D eigenvalue weighted by molar-refractivity contribution is 5.95. The molecular formula is C36H44F3N7O6. The van der Waals surface area contributed by atoms with Gasteiger partial charge in [-0.05, 0) is 59.9 Å². The number of nitrogen functional groups attached to an aromatic ring is 1. The van der Waals surface area contributed by atoms with Crippen molar-refractivity contribution in [2.75, 3.05) is 6.54 Å². The predicted molar refractivity (Wildman–Crippen MR) is 190 cm³/mol. The molecule has 0 saturated heterocycles. The highest BCUT2D eigenvalue weighted by atomic mass is 19.4. The van der Waals surface area contributed by atoms with Gasteiger partial charge in [0.2, 0.25) is 11.8 Å². The Morgan fingerprint density at radius 1 is 0.865 bits per heavy atom. The average molecular weight is 728 g/mol. The van der Waals surface area contributed by atoms with Crippen LogP contribution >= 0.6 is 0 Å². The van der Waals surface area contributed by atoms with Crippen LogP contribution in [0.2, 0.25) is 0 Å². The van der Waals surface area contributed by atoms with Crippen LogP contribution in [0.15, 0.2) is 71.7 Å². The average Bonchev–Trinajstić information content (AvgIpc) is 3.10. The lowest BCUT2D eigenvalue weighted by atomic mass is 9.82. The van der Waals surface area contributed by atoms with Gasteiger partial charge < -0.3 is 38.0 Å². The molecule has 0 spiro atoms. The lowest BCUT2D eigenvalue weighted by Crippen LogP contribution is -2.55. The van der Waals surface area contributed by atoms with Gasteiger partial charge >= 0.3 is 18.1 Å². The van der Waals surface area contributed by atoms with E-state index < -0.39 is 42.0 Å². The number of nitrogens with two attached hydrogens (primary N) is 3. The zero-order valence-corrected chi connectivity index (χ0v) is 28.4. The molecule has 2 amide bonds. The van der Waals surface area contributed by atoms with Gasteiger partial charge in [0.1, 0.15) is 17.9 Å². The Morgan fingerprint density at radius 2 is 1.48 bits per heavy atom. The van der Waals surface area contributed by atoms with Crippen LogP contribution in [0, 0.1) is 11.3 Å². The van der Waals surface area contributed by atoms with Gasteiger partial charge in [-0.3, -0.25) is 20.0 Å². The van der Waals surface area contributed by atoms with Crippen molar-refractivity contribution in [3.8, 4) is 0 Å². The Morgan fingerprint density at radius 3 is 2.04 bits per heavy atom. The number of aliphatic imine (C=N–C) groups is 1. The first-order valence-electron chi connectivity index (χ1n) is 16.7. The molecule has 0 heterocycles. The summed E-state index contributed by atoms with van der Waals surface area (Å²) in [5, 5.41) is 32.4. The summed E-state index contributed by atoms with van der Waals surface area (Å²) in [4.78, 5) is 52.8. The normalized spacial score (nSPS) is 14.8. The smallest absolute Gasteiger partial charge is 0.480 e. The third-order valence-electron chi connectivity index (χ3n) is 8.70. The van der Waals surface area contributed by atoms with Gasteiger partial charge in [-0.1, -0.05) is 86.0 Å². The Balaban J connectivity index is 0.000000944. The first-order valence-corrected chi connectivity index (χ1v) is 16.7. The van der Waals surface area contributed by atoms with Crippen LogP contribution in [-0.4, -0.2) is 70.6 Å². The summed E-state index contributed by atoms with van der Waals surface area (Å²) in [6, 6.07) is 19.0. The molecule has 1 unspecified atom stereocenters. The third kappa shape index (κ3) is 12.6. The zero-order chi connectivity index (χ0) is 38.4. The number of alkyl halides is 3. The number of carboxylic acids is 2. The fourth-order valence-electron chi connectivity index (χ4n) is 5.98. The molecule has 0 radical (unpaired) electrons. The monoisotopic (exact) mass is 727 g/mol. The number of carbonyl (C=O) groups excluding carboxylic acids is 2. The van der Waals surface area contributed by atoms with Gasteiger partial charge in [0.25, 0.3) is 0 Å². The fourth-order valence-corrected chi connectivity index (χ4v) is 5.98. The number of aliphatic carboxylic acids is 2. The minimum atomic E-state index is -5.08. The van der Waals surface area contributed by atoms with Crippen molar-refractivity contribution in [2.45, 2.75) is 75.5 Å². The molecule has 1 aliphatic carbocycles. The summed E-state index contributed by atoms with van der Waals surface area (Å²) in [5.41, 5.74) is 18.6. The number of carbonyl (C=O) groups is 4. The van der Waals surface area contributed by atoms with E-state index in [1.165, 1.54) is 0 Å². The van der Waals surface area contributed by atoms with Gasteiger partial charge in [0.05, 0.1) is 5.92 Å². The first-order chi connectivity index (χ1) is 24.6. The number of amidine groups is 1. The maximum absolute atomic E-state index is 14.2. The molecule has 0 aliphatic heterocycles. The molecule has 1 aliphatic rings. The molecule has 11 N–H and O–H groups in total. The highest BCUT2D eigenvalue weighted by Gasteiger charge is 2.38. The Labute approximate surface area is 298 Å². The lowest BCUT2D eigenvalue weighted by Gasteiger charge is -2.32. The molecule has 16 heteroatoms. The van der Waals surface area contributed by atoms with E-state index in [4.69, 9.17) is 32.5 Å². The van der Waals surface area contributed by atoms with Crippen molar-refractivity contribution in [2.24, 2.45) is 28.1 Å². The number of fused-ring (bicyclic) bond motifs is 1. The topological polar surface area (TPSA) is 247 Å². The zero-order valence-electron chi connectivity index (χ0n) is 28.4. The molecule has 13 nitrogen and oxygen atoms in total. The molecule has 3 atom stereocenters. The van der Waals surface area contributed by atoms with Gasteiger partial charge in [-0.2, -0.15) is 13.2 Å². The van der Waals surface area contributed by atoms with E-state index in [9.17, 15) is 32.7 Å². The van der Waals surface area contributed by atoms with Gasteiger partial charge in [-0.15, -0.1) is 0 Å². The van der Waals surface area contributed by atoms with Crippen molar-refractivity contribution >= 4 is 46.3 Å². The Kier molecular flexibility index (Phi) is 15.0. The van der Waals surface area contributed by atoms with Crippen LogP contribution in [0.1, 0.15) is 67.6 Å². The molecule has 0 bridgehead atoms. The van der Waals surface area contributed by atoms with Crippen LogP contribution in [0.25, 0.3) is 10.8 Å². The number of hydrogen-bond acceptors (Lipinski definition) is 6. The molecule has 4 rings (SSSR count). The molecule has 0 aromatic heterocycles. The van der Waals surface area contributed by atoms with Crippen molar-refractivity contribution in [1.82, 2.24) is 10.6 Å². The minimum Gasteiger partial charge on any atom is -0.480 e. The predicted octanol–water partition coefficient (Wildman–Crippen LogP) is 3.77. The summed E-state index contributed by atoms with van der Waals surface area (Å²) in [6.45, 7) is 0.242. The second-order valence-corrected chi connectivity index (χ2v) is 12.5. The molecular weight excluding hydrogens is 683 g/mol. The molecule has 280 valence electrons. The number of guanidine groups is 1. The summed E-state index contributed by atoms with van der Waals surface area (Å²) in [7, 11) is 0. The summed E-state index contributed by atoms with van der Waals surface area (Å²) >= 11 is 0. The van der Waals surface area contributed by atoms with E-state index in [0.29, 0.717) is 18.4 Å². The summed E-state index contributed by atoms with van der Waals surface area (Å²) < 4.78 is 31.7. The molecule has 3 aromatic rings. The van der Waals surface area contributed by atoms with Gasteiger partial charge in [-0.25, -0.2) is 9.59 Å². The number of nitrogens with zero attached hydrogens (tertiary/aromatic N) is 1. The maximum Gasteiger partial charge on any atom is 0.490 e. The second kappa shape index (κ2) is 19.1. The SMILES string of the molecule is N=C(N)c1ccc(CC(C(=O)N[C@H](C(=O)N[C@@H](CCCN=C(N)N)C(=O)O)C2CCCCC2)c2ccc3ccccc3c2)cc1.O=C(O)C(F)(F)F. The first kappa shape index (κ1) is 40.8.